The molecular formula is C14H27N5. The number of nitrogen functional groups attached to an aromatic ring is 1. The number of aromatic nitrogens is 2. The normalized spacial score (nSPS) is 20.6. The van der Waals surface area contributed by atoms with E-state index < -0.39 is 0 Å². The zero-order chi connectivity index (χ0) is 14.2. The van der Waals surface area contributed by atoms with Crippen molar-refractivity contribution in [2.24, 2.45) is 0 Å². The van der Waals surface area contributed by atoms with Crippen LogP contribution in [0.25, 0.3) is 0 Å². The summed E-state index contributed by atoms with van der Waals surface area (Å²) in [5.41, 5.74) is 8.04. The van der Waals surface area contributed by atoms with Crippen LogP contribution in [-0.4, -0.2) is 47.9 Å². The van der Waals surface area contributed by atoms with Gasteiger partial charge >= 0.3 is 0 Å². The number of hydrogen-bond donors (Lipinski definition) is 1. The molecule has 0 aliphatic carbocycles. The summed E-state index contributed by atoms with van der Waals surface area (Å²) in [6.07, 6.45) is 2.48. The topological polar surface area (TPSA) is 50.3 Å². The summed E-state index contributed by atoms with van der Waals surface area (Å²) in [5.74, 6) is 1.11. The molecule has 1 atom stereocenters. The van der Waals surface area contributed by atoms with Gasteiger partial charge in [0.1, 0.15) is 0 Å². The highest BCUT2D eigenvalue weighted by molar-refractivity contribution is 5.66. The van der Waals surface area contributed by atoms with Crippen molar-refractivity contribution < 1.29 is 0 Å². The standard InChI is InChI=1S/C14H27N5/c1-10(2)19-14(13(15)11(3)16-19)18-8-6-7-12(9-18)17(4)5/h10,12H,6-9,15H2,1-5H3. The van der Waals surface area contributed by atoms with Crippen molar-refractivity contribution in [3.63, 3.8) is 0 Å². The van der Waals surface area contributed by atoms with Crippen molar-refractivity contribution in [1.29, 1.82) is 0 Å². The minimum absolute atomic E-state index is 0.339. The maximum atomic E-state index is 6.25. The fraction of sp³-hybridized carbons (Fsp3) is 0.786. The lowest BCUT2D eigenvalue weighted by molar-refractivity contribution is 0.256. The minimum Gasteiger partial charge on any atom is -0.394 e. The third-order valence-electron chi connectivity index (χ3n) is 4.02. The zero-order valence-electron chi connectivity index (χ0n) is 12.8. The van der Waals surface area contributed by atoms with E-state index >= 15 is 0 Å². The van der Waals surface area contributed by atoms with Crippen LogP contribution in [0, 0.1) is 6.92 Å². The average molecular weight is 265 g/mol. The summed E-state index contributed by atoms with van der Waals surface area (Å²) in [5, 5.41) is 4.59. The van der Waals surface area contributed by atoms with Crippen LogP contribution in [0.15, 0.2) is 0 Å². The van der Waals surface area contributed by atoms with E-state index in [-0.39, 0.29) is 0 Å². The van der Waals surface area contributed by atoms with E-state index in [9.17, 15) is 0 Å². The van der Waals surface area contributed by atoms with E-state index in [0.29, 0.717) is 12.1 Å². The van der Waals surface area contributed by atoms with E-state index in [0.717, 1.165) is 30.3 Å². The van der Waals surface area contributed by atoms with Gasteiger partial charge in [0, 0.05) is 25.2 Å². The van der Waals surface area contributed by atoms with Crippen molar-refractivity contribution in [1.82, 2.24) is 14.7 Å². The Hall–Kier alpha value is -1.23. The quantitative estimate of drug-likeness (QED) is 0.906. The Bertz CT molecular complexity index is 435. The lowest BCUT2D eigenvalue weighted by Gasteiger charge is -2.38. The number of rotatable bonds is 3. The molecule has 2 heterocycles. The van der Waals surface area contributed by atoms with Crippen LogP contribution in [0.5, 0.6) is 0 Å². The summed E-state index contributed by atoms with van der Waals surface area (Å²) in [7, 11) is 4.31. The third kappa shape index (κ3) is 2.71. The number of anilines is 2. The van der Waals surface area contributed by atoms with E-state index in [2.05, 4.69) is 47.5 Å². The van der Waals surface area contributed by atoms with Gasteiger partial charge in [-0.1, -0.05) is 0 Å². The van der Waals surface area contributed by atoms with Crippen molar-refractivity contribution in [2.45, 2.75) is 45.7 Å². The number of hydrogen-bond acceptors (Lipinski definition) is 4. The van der Waals surface area contributed by atoms with E-state index in [1.54, 1.807) is 0 Å². The largest absolute Gasteiger partial charge is 0.394 e. The van der Waals surface area contributed by atoms with Gasteiger partial charge < -0.3 is 15.5 Å². The van der Waals surface area contributed by atoms with Crippen molar-refractivity contribution in [2.75, 3.05) is 37.8 Å². The fourth-order valence-corrected chi connectivity index (χ4v) is 2.79. The Morgan fingerprint density at radius 2 is 2.05 bits per heavy atom. The molecular weight excluding hydrogens is 238 g/mol. The summed E-state index contributed by atoms with van der Waals surface area (Å²) in [6, 6.07) is 0.940. The van der Waals surface area contributed by atoms with Crippen molar-refractivity contribution in [3.05, 3.63) is 5.69 Å². The Kier molecular flexibility index (Phi) is 4.04. The van der Waals surface area contributed by atoms with Gasteiger partial charge in [0.2, 0.25) is 0 Å². The van der Waals surface area contributed by atoms with Gasteiger partial charge in [-0.2, -0.15) is 5.10 Å². The van der Waals surface area contributed by atoms with Crippen LogP contribution in [0.3, 0.4) is 0 Å². The molecule has 2 N–H and O–H groups in total. The molecule has 0 amide bonds. The van der Waals surface area contributed by atoms with Crippen LogP contribution in [0.4, 0.5) is 11.5 Å². The SMILES string of the molecule is Cc1nn(C(C)C)c(N2CCCC(N(C)C)C2)c1N. The lowest BCUT2D eigenvalue weighted by atomic mass is 10.0. The number of nitrogens with zero attached hydrogens (tertiary/aromatic N) is 4. The smallest absolute Gasteiger partial charge is 0.150 e. The first-order valence-corrected chi connectivity index (χ1v) is 7.17. The maximum absolute atomic E-state index is 6.25. The molecule has 1 aliphatic heterocycles. The molecule has 1 unspecified atom stereocenters. The Morgan fingerprint density at radius 1 is 1.37 bits per heavy atom. The second-order valence-corrected chi connectivity index (χ2v) is 6.07. The first kappa shape index (κ1) is 14.2. The van der Waals surface area contributed by atoms with E-state index in [1.807, 2.05) is 6.92 Å². The van der Waals surface area contributed by atoms with Gasteiger partial charge in [0.05, 0.1) is 11.4 Å². The molecule has 0 radical (unpaired) electrons. The first-order chi connectivity index (χ1) is 8.91. The first-order valence-electron chi connectivity index (χ1n) is 7.17. The number of likely N-dealkylation sites (N-methyl/N-ethyl adjacent to an activating group) is 1. The summed E-state index contributed by atoms with van der Waals surface area (Å²) >= 11 is 0. The van der Waals surface area contributed by atoms with Gasteiger partial charge in [-0.15, -0.1) is 0 Å². The summed E-state index contributed by atoms with van der Waals surface area (Å²) in [4.78, 5) is 4.72. The zero-order valence-corrected chi connectivity index (χ0v) is 12.8. The molecule has 108 valence electrons. The van der Waals surface area contributed by atoms with Gasteiger partial charge in [-0.05, 0) is 47.7 Å². The molecule has 0 aromatic carbocycles. The highest BCUT2D eigenvalue weighted by Crippen LogP contribution is 2.31. The highest BCUT2D eigenvalue weighted by Gasteiger charge is 2.27. The van der Waals surface area contributed by atoms with Crippen LogP contribution in [-0.2, 0) is 0 Å². The Labute approximate surface area is 116 Å². The maximum Gasteiger partial charge on any atom is 0.150 e. The van der Waals surface area contributed by atoms with Gasteiger partial charge in [0.15, 0.2) is 5.82 Å². The third-order valence-corrected chi connectivity index (χ3v) is 4.02. The lowest BCUT2D eigenvalue weighted by Crippen LogP contribution is -2.46. The van der Waals surface area contributed by atoms with Crippen LogP contribution in [0.1, 0.15) is 38.4 Å². The molecule has 1 saturated heterocycles. The van der Waals surface area contributed by atoms with Gasteiger partial charge in [-0.25, -0.2) is 4.68 Å². The number of piperidine rings is 1. The second-order valence-electron chi connectivity index (χ2n) is 6.07. The molecule has 1 aromatic heterocycles. The molecule has 0 bridgehead atoms. The van der Waals surface area contributed by atoms with E-state index in [4.69, 9.17) is 5.73 Å². The summed E-state index contributed by atoms with van der Waals surface area (Å²) in [6.45, 7) is 8.41. The predicted molar refractivity (Wildman–Crippen MR) is 80.7 cm³/mol. The molecule has 5 nitrogen and oxygen atoms in total. The van der Waals surface area contributed by atoms with Gasteiger partial charge in [0.25, 0.3) is 0 Å². The van der Waals surface area contributed by atoms with Crippen molar-refractivity contribution in [3.8, 4) is 0 Å². The monoisotopic (exact) mass is 265 g/mol. The number of nitrogens with two attached hydrogens (primary N) is 1. The van der Waals surface area contributed by atoms with Crippen molar-refractivity contribution >= 4 is 11.5 Å². The predicted octanol–water partition coefficient (Wildman–Crippen LogP) is 1.89. The molecule has 0 spiro atoms. The summed E-state index contributed by atoms with van der Waals surface area (Å²) < 4.78 is 2.07. The van der Waals surface area contributed by atoms with Crippen LogP contribution >= 0.6 is 0 Å². The number of aryl methyl sites for hydroxylation is 1. The van der Waals surface area contributed by atoms with Crippen LogP contribution in [0.2, 0.25) is 0 Å². The second kappa shape index (κ2) is 5.41. The minimum atomic E-state index is 0.339. The molecule has 2 rings (SSSR count). The molecule has 19 heavy (non-hydrogen) atoms. The highest BCUT2D eigenvalue weighted by atomic mass is 15.4. The van der Waals surface area contributed by atoms with E-state index in [1.165, 1.54) is 12.8 Å². The van der Waals surface area contributed by atoms with Crippen LogP contribution < -0.4 is 10.6 Å². The van der Waals surface area contributed by atoms with Gasteiger partial charge in [-0.3, -0.25) is 0 Å². The molecule has 0 saturated carbocycles. The molecule has 1 aliphatic rings. The average Bonchev–Trinajstić information content (AvgIpc) is 2.66. The molecule has 1 aromatic rings. The Balaban J connectivity index is 2.30. The molecule has 1 fully saturated rings. The Morgan fingerprint density at radius 3 is 2.63 bits per heavy atom. The fourth-order valence-electron chi connectivity index (χ4n) is 2.79. The molecule has 5 heteroatoms.